The summed E-state index contributed by atoms with van der Waals surface area (Å²) in [6.07, 6.45) is 0. The molecule has 0 unspecified atom stereocenters. The number of anilines is 1. The lowest BCUT2D eigenvalue weighted by Gasteiger charge is -2.23. The van der Waals surface area contributed by atoms with Crippen LogP contribution in [0.3, 0.4) is 0 Å². The SMILES string of the molecule is CC(C)(c1ccc(C#N)cc1)c1csc(N)n1. The maximum Gasteiger partial charge on any atom is 0.180 e. The van der Waals surface area contributed by atoms with E-state index in [2.05, 4.69) is 24.9 Å². The number of nitrogens with two attached hydrogens (primary N) is 1. The van der Waals surface area contributed by atoms with Gasteiger partial charge in [0.2, 0.25) is 0 Å². The molecule has 0 aliphatic rings. The predicted molar refractivity (Wildman–Crippen MR) is 69.8 cm³/mol. The lowest BCUT2D eigenvalue weighted by atomic mass is 9.82. The molecule has 86 valence electrons. The molecule has 0 saturated carbocycles. The third-order valence-corrected chi connectivity index (χ3v) is 3.57. The maximum absolute atomic E-state index is 8.77. The Morgan fingerprint density at radius 1 is 1.29 bits per heavy atom. The standard InChI is InChI=1S/C13H13N3S/c1-13(2,11-8-17-12(15)16-11)10-5-3-9(7-14)4-6-10/h3-6,8H,1-2H3,(H2,15,16). The van der Waals surface area contributed by atoms with E-state index >= 15 is 0 Å². The van der Waals surface area contributed by atoms with Gasteiger partial charge in [0.25, 0.3) is 0 Å². The number of thiazole rings is 1. The molecule has 0 fully saturated rings. The molecule has 2 N–H and O–H groups in total. The van der Waals surface area contributed by atoms with E-state index in [1.807, 2.05) is 29.6 Å². The summed E-state index contributed by atoms with van der Waals surface area (Å²) in [6.45, 7) is 4.20. The van der Waals surface area contributed by atoms with Crippen LogP contribution >= 0.6 is 11.3 Å². The van der Waals surface area contributed by atoms with Gasteiger partial charge in [-0.05, 0) is 17.7 Å². The minimum absolute atomic E-state index is 0.192. The molecule has 1 heterocycles. The molecule has 17 heavy (non-hydrogen) atoms. The highest BCUT2D eigenvalue weighted by Gasteiger charge is 2.25. The summed E-state index contributed by atoms with van der Waals surface area (Å²) in [6, 6.07) is 9.70. The Morgan fingerprint density at radius 3 is 2.41 bits per heavy atom. The van der Waals surface area contributed by atoms with E-state index in [0.29, 0.717) is 10.7 Å². The van der Waals surface area contributed by atoms with Gasteiger partial charge in [-0.2, -0.15) is 5.26 Å². The van der Waals surface area contributed by atoms with Gasteiger partial charge in [0.05, 0.1) is 17.3 Å². The molecular weight excluding hydrogens is 230 g/mol. The van der Waals surface area contributed by atoms with E-state index in [9.17, 15) is 0 Å². The topological polar surface area (TPSA) is 62.7 Å². The van der Waals surface area contributed by atoms with Crippen LogP contribution in [0.2, 0.25) is 0 Å². The molecule has 1 aromatic carbocycles. The van der Waals surface area contributed by atoms with Crippen LogP contribution in [0.1, 0.15) is 30.7 Å². The Balaban J connectivity index is 2.41. The van der Waals surface area contributed by atoms with Crippen molar-refractivity contribution in [3.63, 3.8) is 0 Å². The van der Waals surface area contributed by atoms with Crippen molar-refractivity contribution in [2.45, 2.75) is 19.3 Å². The van der Waals surface area contributed by atoms with Crippen molar-refractivity contribution in [1.29, 1.82) is 5.26 Å². The van der Waals surface area contributed by atoms with Gasteiger partial charge in [-0.1, -0.05) is 26.0 Å². The lowest BCUT2D eigenvalue weighted by molar-refractivity contribution is 0.622. The van der Waals surface area contributed by atoms with Gasteiger partial charge in [-0.25, -0.2) is 4.98 Å². The number of benzene rings is 1. The molecule has 0 atom stereocenters. The summed E-state index contributed by atoms with van der Waals surface area (Å²) in [7, 11) is 0. The highest BCUT2D eigenvalue weighted by molar-refractivity contribution is 7.13. The van der Waals surface area contributed by atoms with Gasteiger partial charge in [0, 0.05) is 10.8 Å². The molecule has 4 heteroatoms. The van der Waals surface area contributed by atoms with Crippen LogP contribution in [0.4, 0.5) is 5.13 Å². The Morgan fingerprint density at radius 2 is 1.94 bits per heavy atom. The molecule has 3 nitrogen and oxygen atoms in total. The highest BCUT2D eigenvalue weighted by Crippen LogP contribution is 2.32. The normalized spacial score (nSPS) is 11.1. The second kappa shape index (κ2) is 4.19. The van der Waals surface area contributed by atoms with Crippen molar-refractivity contribution in [1.82, 2.24) is 4.98 Å². The first-order valence-electron chi connectivity index (χ1n) is 5.26. The maximum atomic E-state index is 8.77. The Hall–Kier alpha value is -1.86. The quantitative estimate of drug-likeness (QED) is 0.882. The zero-order valence-corrected chi connectivity index (χ0v) is 10.6. The molecule has 0 spiro atoms. The van der Waals surface area contributed by atoms with Crippen molar-refractivity contribution in [3.05, 3.63) is 46.5 Å². The van der Waals surface area contributed by atoms with E-state index in [1.54, 1.807) is 0 Å². The lowest BCUT2D eigenvalue weighted by Crippen LogP contribution is -2.19. The molecule has 0 bridgehead atoms. The van der Waals surface area contributed by atoms with E-state index in [0.717, 1.165) is 11.3 Å². The first-order valence-corrected chi connectivity index (χ1v) is 6.14. The Labute approximate surface area is 105 Å². The fourth-order valence-corrected chi connectivity index (χ4v) is 2.41. The second-order valence-electron chi connectivity index (χ2n) is 4.39. The largest absolute Gasteiger partial charge is 0.375 e. The van der Waals surface area contributed by atoms with Crippen molar-refractivity contribution < 1.29 is 0 Å². The summed E-state index contributed by atoms with van der Waals surface area (Å²) in [5, 5.41) is 11.3. The molecule has 2 rings (SSSR count). The predicted octanol–water partition coefficient (Wildman–Crippen LogP) is 2.92. The third-order valence-electron chi connectivity index (χ3n) is 2.90. The van der Waals surface area contributed by atoms with Crippen molar-refractivity contribution >= 4 is 16.5 Å². The number of aromatic nitrogens is 1. The molecule has 0 radical (unpaired) electrons. The summed E-state index contributed by atoms with van der Waals surface area (Å²) in [5.74, 6) is 0. The Kier molecular flexibility index (Phi) is 2.86. The summed E-state index contributed by atoms with van der Waals surface area (Å²) in [5.41, 5.74) is 8.23. The minimum atomic E-state index is -0.192. The molecule has 0 amide bonds. The molecule has 0 saturated heterocycles. The fourth-order valence-electron chi connectivity index (χ4n) is 1.68. The number of nitrogens with zero attached hydrogens (tertiary/aromatic N) is 2. The third kappa shape index (κ3) is 2.15. The van der Waals surface area contributed by atoms with Crippen LogP contribution in [0, 0.1) is 11.3 Å². The number of rotatable bonds is 2. The summed E-state index contributed by atoms with van der Waals surface area (Å²) in [4.78, 5) is 4.33. The van der Waals surface area contributed by atoms with Crippen molar-refractivity contribution in [2.75, 3.05) is 5.73 Å². The second-order valence-corrected chi connectivity index (χ2v) is 5.27. The van der Waals surface area contributed by atoms with Crippen LogP contribution in [0.5, 0.6) is 0 Å². The summed E-state index contributed by atoms with van der Waals surface area (Å²) < 4.78 is 0. The number of hydrogen-bond donors (Lipinski definition) is 1. The highest BCUT2D eigenvalue weighted by atomic mass is 32.1. The molecule has 1 aromatic heterocycles. The zero-order valence-electron chi connectivity index (χ0n) is 9.77. The van der Waals surface area contributed by atoms with E-state index in [4.69, 9.17) is 11.0 Å². The van der Waals surface area contributed by atoms with Crippen molar-refractivity contribution in [2.24, 2.45) is 0 Å². The smallest absolute Gasteiger partial charge is 0.180 e. The summed E-state index contributed by atoms with van der Waals surface area (Å²) >= 11 is 1.45. The monoisotopic (exact) mass is 243 g/mol. The molecular formula is C13H13N3S. The molecule has 0 aliphatic heterocycles. The number of nitrogen functional groups attached to an aromatic ring is 1. The van der Waals surface area contributed by atoms with Gasteiger partial charge in [-0.3, -0.25) is 0 Å². The fraction of sp³-hybridized carbons (Fsp3) is 0.231. The van der Waals surface area contributed by atoms with Gasteiger partial charge < -0.3 is 5.73 Å². The van der Waals surface area contributed by atoms with Crippen LogP contribution in [-0.2, 0) is 5.41 Å². The average Bonchev–Trinajstić information content (AvgIpc) is 2.77. The van der Waals surface area contributed by atoms with Gasteiger partial charge in [0.1, 0.15) is 0 Å². The average molecular weight is 243 g/mol. The Bertz CT molecular complexity index is 561. The minimum Gasteiger partial charge on any atom is -0.375 e. The van der Waals surface area contributed by atoms with Crippen LogP contribution in [0.25, 0.3) is 0 Å². The van der Waals surface area contributed by atoms with E-state index < -0.39 is 0 Å². The molecule has 0 aliphatic carbocycles. The molecule has 2 aromatic rings. The zero-order chi connectivity index (χ0) is 12.5. The number of hydrogen-bond acceptors (Lipinski definition) is 4. The van der Waals surface area contributed by atoms with Gasteiger partial charge in [-0.15, -0.1) is 11.3 Å². The van der Waals surface area contributed by atoms with E-state index in [-0.39, 0.29) is 5.41 Å². The first kappa shape index (κ1) is 11.6. The van der Waals surface area contributed by atoms with Gasteiger partial charge >= 0.3 is 0 Å². The van der Waals surface area contributed by atoms with Crippen molar-refractivity contribution in [3.8, 4) is 6.07 Å². The van der Waals surface area contributed by atoms with E-state index in [1.165, 1.54) is 11.3 Å². The van der Waals surface area contributed by atoms with Gasteiger partial charge in [0.15, 0.2) is 5.13 Å². The van der Waals surface area contributed by atoms with Crippen LogP contribution in [0.15, 0.2) is 29.6 Å². The number of nitriles is 1. The van der Waals surface area contributed by atoms with Crippen LogP contribution < -0.4 is 5.73 Å². The first-order chi connectivity index (χ1) is 8.04. The van der Waals surface area contributed by atoms with Crippen LogP contribution in [-0.4, -0.2) is 4.98 Å².